The number of ether oxygens (including phenoxy) is 1. The minimum absolute atomic E-state index is 0.353. The lowest BCUT2D eigenvalue weighted by molar-refractivity contribution is 0.407. The highest BCUT2D eigenvalue weighted by atomic mass is 79.9. The zero-order chi connectivity index (χ0) is 14.9. The lowest BCUT2D eigenvalue weighted by Gasteiger charge is -2.17. The average molecular weight is 443 g/mol. The van der Waals surface area contributed by atoms with Crippen molar-refractivity contribution in [3.8, 4) is 5.75 Å². The Morgan fingerprint density at radius 2 is 1.80 bits per heavy atom. The molecule has 0 aliphatic carbocycles. The van der Waals surface area contributed by atoms with E-state index in [4.69, 9.17) is 27.9 Å². The Balaban J connectivity index is 2.58. The van der Waals surface area contributed by atoms with Crippen molar-refractivity contribution in [3.05, 3.63) is 61.2 Å². The molecule has 2 rings (SSSR count). The van der Waals surface area contributed by atoms with Gasteiger partial charge in [0.1, 0.15) is 11.6 Å². The summed E-state index contributed by atoms with van der Waals surface area (Å²) in [5.41, 5.74) is 1.28. The lowest BCUT2D eigenvalue weighted by Crippen LogP contribution is -2.00. The van der Waals surface area contributed by atoms with Crippen LogP contribution in [0.1, 0.15) is 16.5 Å². The van der Waals surface area contributed by atoms with E-state index in [-0.39, 0.29) is 5.82 Å². The van der Waals surface area contributed by atoms with Crippen LogP contribution in [0.4, 0.5) is 4.39 Å². The number of hydrogen-bond donors (Lipinski definition) is 0. The van der Waals surface area contributed by atoms with Crippen LogP contribution in [0.15, 0.2) is 39.3 Å². The molecule has 0 aliphatic rings. The van der Waals surface area contributed by atoms with E-state index < -0.39 is 5.38 Å². The van der Waals surface area contributed by atoms with Gasteiger partial charge in [-0.1, -0.05) is 27.5 Å². The maximum Gasteiger partial charge on any atom is 0.138 e. The Morgan fingerprint density at radius 3 is 2.45 bits per heavy atom. The van der Waals surface area contributed by atoms with E-state index in [9.17, 15) is 4.39 Å². The molecule has 0 heterocycles. The molecule has 0 radical (unpaired) electrons. The molecule has 0 saturated carbocycles. The number of hydrogen-bond acceptors (Lipinski definition) is 1. The fourth-order valence-electron chi connectivity index (χ4n) is 1.86. The van der Waals surface area contributed by atoms with Crippen molar-refractivity contribution in [2.45, 2.75) is 5.38 Å². The van der Waals surface area contributed by atoms with Crippen molar-refractivity contribution in [1.29, 1.82) is 0 Å². The van der Waals surface area contributed by atoms with Crippen molar-refractivity contribution in [2.75, 3.05) is 7.11 Å². The van der Waals surface area contributed by atoms with Gasteiger partial charge in [-0.3, -0.25) is 0 Å². The fourth-order valence-corrected chi connectivity index (χ4v) is 3.81. The quantitative estimate of drug-likeness (QED) is 0.504. The van der Waals surface area contributed by atoms with Crippen LogP contribution in [-0.2, 0) is 0 Å². The molecular formula is C14H9Br2Cl2FO. The van der Waals surface area contributed by atoms with E-state index in [1.807, 2.05) is 0 Å². The Bertz CT molecular complexity index is 649. The summed E-state index contributed by atoms with van der Waals surface area (Å²) in [4.78, 5) is 0. The van der Waals surface area contributed by atoms with E-state index in [1.54, 1.807) is 25.3 Å². The number of methoxy groups -OCH3 is 1. The number of rotatable bonds is 3. The standard InChI is InChI=1S/C14H9Br2Cl2FO/c1-20-14-10(4-7(17)5-12(14)16)13(18)9-6-8(19)2-3-11(9)15/h2-6,13H,1H3. The molecule has 1 unspecified atom stereocenters. The van der Waals surface area contributed by atoms with Gasteiger partial charge in [0.05, 0.1) is 17.0 Å². The highest BCUT2D eigenvalue weighted by molar-refractivity contribution is 9.10. The summed E-state index contributed by atoms with van der Waals surface area (Å²) in [5, 5.41) is -0.0733. The minimum Gasteiger partial charge on any atom is -0.495 e. The van der Waals surface area contributed by atoms with Crippen LogP contribution in [0.5, 0.6) is 5.75 Å². The molecule has 2 aromatic carbocycles. The highest BCUT2D eigenvalue weighted by Gasteiger charge is 2.21. The summed E-state index contributed by atoms with van der Waals surface area (Å²) in [6.45, 7) is 0. The molecule has 6 heteroatoms. The Labute approximate surface area is 143 Å². The van der Waals surface area contributed by atoms with Gasteiger partial charge in [-0.15, -0.1) is 11.6 Å². The second-order valence-corrected chi connectivity index (χ2v) is 6.62. The summed E-state index contributed by atoms with van der Waals surface area (Å²) >= 11 is 19.3. The summed E-state index contributed by atoms with van der Waals surface area (Å²) in [6.07, 6.45) is 0. The second-order valence-electron chi connectivity index (χ2n) is 4.04. The van der Waals surface area contributed by atoms with Gasteiger partial charge in [-0.25, -0.2) is 4.39 Å². The predicted molar refractivity (Wildman–Crippen MR) is 87.5 cm³/mol. The lowest BCUT2D eigenvalue weighted by atomic mass is 10.0. The molecule has 0 bridgehead atoms. The summed E-state index contributed by atoms with van der Waals surface area (Å²) < 4.78 is 20.2. The van der Waals surface area contributed by atoms with Crippen LogP contribution in [0.2, 0.25) is 5.02 Å². The molecule has 0 saturated heterocycles. The third-order valence-electron chi connectivity index (χ3n) is 2.75. The molecule has 0 aliphatic heterocycles. The van der Waals surface area contributed by atoms with Crippen LogP contribution in [0.25, 0.3) is 0 Å². The molecule has 106 valence electrons. The van der Waals surface area contributed by atoms with Gasteiger partial charge in [0.2, 0.25) is 0 Å². The monoisotopic (exact) mass is 440 g/mol. The van der Waals surface area contributed by atoms with Gasteiger partial charge in [0, 0.05) is 15.1 Å². The van der Waals surface area contributed by atoms with Crippen molar-refractivity contribution >= 4 is 55.1 Å². The maximum atomic E-state index is 13.4. The number of benzene rings is 2. The molecule has 0 spiro atoms. The first-order valence-corrected chi connectivity index (χ1v) is 7.96. The molecule has 0 N–H and O–H groups in total. The van der Waals surface area contributed by atoms with E-state index in [0.717, 1.165) is 4.47 Å². The third-order valence-corrected chi connectivity index (χ3v) is 4.74. The zero-order valence-electron chi connectivity index (χ0n) is 10.3. The largest absolute Gasteiger partial charge is 0.495 e. The van der Waals surface area contributed by atoms with E-state index >= 15 is 0 Å². The predicted octanol–water partition coefficient (Wildman–Crippen LogP) is 6.34. The molecule has 20 heavy (non-hydrogen) atoms. The summed E-state index contributed by atoms with van der Waals surface area (Å²) in [7, 11) is 1.54. The molecule has 1 nitrogen and oxygen atoms in total. The van der Waals surface area contributed by atoms with Gasteiger partial charge in [-0.05, 0) is 51.8 Å². The van der Waals surface area contributed by atoms with Crippen LogP contribution in [-0.4, -0.2) is 7.11 Å². The SMILES string of the molecule is COc1c(Br)cc(Cl)cc1C(Cl)c1cc(F)ccc1Br. The van der Waals surface area contributed by atoms with Gasteiger partial charge in [-0.2, -0.15) is 0 Å². The van der Waals surface area contributed by atoms with Crippen LogP contribution < -0.4 is 4.74 Å². The Kier molecular flexibility index (Phi) is 5.35. The Hall–Kier alpha value is -0.290. The smallest absolute Gasteiger partial charge is 0.138 e. The molecule has 0 fully saturated rings. The van der Waals surface area contributed by atoms with Crippen molar-refractivity contribution < 1.29 is 9.13 Å². The molecule has 0 amide bonds. The topological polar surface area (TPSA) is 9.23 Å². The van der Waals surface area contributed by atoms with Crippen LogP contribution in [0, 0.1) is 5.82 Å². The van der Waals surface area contributed by atoms with Crippen LogP contribution >= 0.6 is 55.1 Å². The highest BCUT2D eigenvalue weighted by Crippen LogP contribution is 2.43. The first-order valence-electron chi connectivity index (χ1n) is 5.56. The first-order chi connectivity index (χ1) is 9.43. The van der Waals surface area contributed by atoms with Gasteiger partial charge in [0.25, 0.3) is 0 Å². The maximum absolute atomic E-state index is 13.4. The van der Waals surface area contributed by atoms with Crippen LogP contribution in [0.3, 0.4) is 0 Å². The van der Waals surface area contributed by atoms with E-state index in [1.165, 1.54) is 12.1 Å². The third kappa shape index (κ3) is 3.30. The Morgan fingerprint density at radius 1 is 1.10 bits per heavy atom. The van der Waals surface area contributed by atoms with E-state index in [2.05, 4.69) is 31.9 Å². The van der Waals surface area contributed by atoms with Crippen molar-refractivity contribution in [3.63, 3.8) is 0 Å². The van der Waals surface area contributed by atoms with Gasteiger partial charge >= 0.3 is 0 Å². The summed E-state index contributed by atoms with van der Waals surface area (Å²) in [5.74, 6) is 0.222. The van der Waals surface area contributed by atoms with Gasteiger partial charge in [0.15, 0.2) is 0 Å². The van der Waals surface area contributed by atoms with Crippen molar-refractivity contribution in [1.82, 2.24) is 0 Å². The summed E-state index contributed by atoms with van der Waals surface area (Å²) in [6, 6.07) is 7.79. The molecule has 2 aromatic rings. The van der Waals surface area contributed by atoms with E-state index in [0.29, 0.717) is 26.4 Å². The number of alkyl halides is 1. The molecule has 1 atom stereocenters. The van der Waals surface area contributed by atoms with Crippen molar-refractivity contribution in [2.24, 2.45) is 0 Å². The zero-order valence-corrected chi connectivity index (χ0v) is 14.9. The second kappa shape index (κ2) is 6.65. The normalized spacial score (nSPS) is 12.3. The first kappa shape index (κ1) is 16.1. The average Bonchev–Trinajstić information content (AvgIpc) is 2.40. The minimum atomic E-state index is -0.593. The molecule has 0 aromatic heterocycles. The van der Waals surface area contributed by atoms with Gasteiger partial charge < -0.3 is 4.74 Å². The molecular weight excluding hydrogens is 434 g/mol. The fraction of sp³-hybridized carbons (Fsp3) is 0.143. The number of halogens is 5.